The number of fused-ring (bicyclic) bond motifs is 1. The van der Waals surface area contributed by atoms with Crippen molar-refractivity contribution >= 4 is 22.6 Å². The van der Waals surface area contributed by atoms with Crippen LogP contribution in [-0.4, -0.2) is 20.0 Å². The van der Waals surface area contributed by atoms with Crippen molar-refractivity contribution in [2.75, 3.05) is 5.32 Å². The molecule has 0 spiro atoms. The van der Waals surface area contributed by atoms with Crippen LogP contribution in [0.25, 0.3) is 16.7 Å². The molecule has 4 aromatic rings. The highest BCUT2D eigenvalue weighted by atomic mass is 19.1. The van der Waals surface area contributed by atoms with Crippen LogP contribution in [0.2, 0.25) is 0 Å². The second kappa shape index (κ2) is 7.40. The molecule has 1 N–H and O–H groups in total. The third-order valence-electron chi connectivity index (χ3n) is 4.80. The molecule has 0 aliphatic carbocycles. The normalized spacial score (nSPS) is 10.9. The summed E-state index contributed by atoms with van der Waals surface area (Å²) in [6.07, 6.45) is 1.30. The summed E-state index contributed by atoms with van der Waals surface area (Å²) < 4.78 is 15.6. The number of hydrogen-bond donors (Lipinski definition) is 1. The second-order valence-corrected chi connectivity index (χ2v) is 6.83. The van der Waals surface area contributed by atoms with E-state index >= 15 is 0 Å². The molecule has 0 aliphatic rings. The Kier molecular flexibility index (Phi) is 4.75. The van der Waals surface area contributed by atoms with Gasteiger partial charge in [0.1, 0.15) is 5.82 Å². The van der Waals surface area contributed by atoms with Crippen LogP contribution in [-0.2, 0) is 7.05 Å². The maximum atomic E-state index is 13.3. The van der Waals surface area contributed by atoms with Gasteiger partial charge in [-0.3, -0.25) is 14.2 Å². The number of halogens is 1. The molecular weight excluding hydrogens is 387 g/mol. The molecule has 0 aliphatic heterocycles. The van der Waals surface area contributed by atoms with Crippen LogP contribution in [0.1, 0.15) is 15.9 Å². The number of pyridine rings is 1. The van der Waals surface area contributed by atoms with Gasteiger partial charge in [-0.25, -0.2) is 18.7 Å². The van der Waals surface area contributed by atoms with E-state index in [0.717, 1.165) is 4.57 Å². The first-order valence-corrected chi connectivity index (χ1v) is 9.11. The number of amides is 1. The highest BCUT2D eigenvalue weighted by Gasteiger charge is 2.16. The van der Waals surface area contributed by atoms with Crippen molar-refractivity contribution in [2.45, 2.75) is 6.92 Å². The zero-order valence-electron chi connectivity index (χ0n) is 16.2. The number of carbonyl (C=O) groups excluding carboxylic acids is 1. The smallest absolute Gasteiger partial charge is 0.322 e. The number of carbonyl (C=O) groups is 1. The average Bonchev–Trinajstić information content (AvgIpc) is 2.75. The Morgan fingerprint density at radius 1 is 1.07 bits per heavy atom. The zero-order valence-corrected chi connectivity index (χ0v) is 16.2. The zero-order chi connectivity index (χ0) is 21.4. The predicted molar refractivity (Wildman–Crippen MR) is 112 cm³/mol. The van der Waals surface area contributed by atoms with E-state index in [0.29, 0.717) is 16.9 Å². The molecular formula is C22H17FN4O3. The van der Waals surface area contributed by atoms with E-state index in [4.69, 9.17) is 0 Å². The summed E-state index contributed by atoms with van der Waals surface area (Å²) in [4.78, 5) is 42.3. The van der Waals surface area contributed by atoms with Crippen LogP contribution >= 0.6 is 0 Å². The Morgan fingerprint density at radius 2 is 1.80 bits per heavy atom. The number of para-hydroxylation sites is 1. The van der Waals surface area contributed by atoms with Crippen molar-refractivity contribution in [1.82, 2.24) is 14.1 Å². The van der Waals surface area contributed by atoms with E-state index in [1.807, 2.05) is 6.07 Å². The van der Waals surface area contributed by atoms with Gasteiger partial charge >= 0.3 is 5.69 Å². The summed E-state index contributed by atoms with van der Waals surface area (Å²) in [5.74, 6) is -0.904. The largest absolute Gasteiger partial charge is 0.337 e. The molecule has 0 atom stereocenters. The molecule has 8 heteroatoms. The number of aryl methyl sites for hydroxylation is 1. The van der Waals surface area contributed by atoms with Crippen molar-refractivity contribution in [3.8, 4) is 5.69 Å². The number of benzene rings is 2. The van der Waals surface area contributed by atoms with E-state index in [1.165, 1.54) is 42.1 Å². The van der Waals surface area contributed by atoms with Crippen molar-refractivity contribution < 1.29 is 9.18 Å². The van der Waals surface area contributed by atoms with Gasteiger partial charge in [-0.2, -0.15) is 0 Å². The second-order valence-electron chi connectivity index (χ2n) is 6.83. The molecule has 0 saturated heterocycles. The third-order valence-corrected chi connectivity index (χ3v) is 4.80. The van der Waals surface area contributed by atoms with E-state index < -0.39 is 23.0 Å². The molecule has 2 aromatic heterocycles. The Labute approximate surface area is 170 Å². The molecule has 150 valence electrons. The minimum Gasteiger partial charge on any atom is -0.322 e. The number of anilines is 1. The molecule has 2 aromatic carbocycles. The molecule has 7 nitrogen and oxygen atoms in total. The van der Waals surface area contributed by atoms with Crippen LogP contribution in [0.5, 0.6) is 0 Å². The summed E-state index contributed by atoms with van der Waals surface area (Å²) in [5, 5.41) is 2.82. The molecule has 0 fully saturated rings. The SMILES string of the molecule is Cc1cc(F)ccc1NC(=O)c1cnc2c(c1)c(=O)n(C)c(=O)n2-c1ccccc1. The molecule has 30 heavy (non-hydrogen) atoms. The monoisotopic (exact) mass is 404 g/mol. The highest BCUT2D eigenvalue weighted by Crippen LogP contribution is 2.18. The molecule has 4 rings (SSSR count). The van der Waals surface area contributed by atoms with Crippen molar-refractivity contribution in [3.05, 3.63) is 98.6 Å². The summed E-state index contributed by atoms with van der Waals surface area (Å²) in [5.41, 5.74) is 0.766. The minimum absolute atomic E-state index is 0.129. The van der Waals surface area contributed by atoms with E-state index in [-0.39, 0.29) is 16.6 Å². The first-order chi connectivity index (χ1) is 14.4. The van der Waals surface area contributed by atoms with Gasteiger partial charge in [-0.1, -0.05) is 18.2 Å². The lowest BCUT2D eigenvalue weighted by molar-refractivity contribution is 0.102. The summed E-state index contributed by atoms with van der Waals surface area (Å²) in [6, 6.07) is 14.2. The van der Waals surface area contributed by atoms with Gasteiger partial charge in [0, 0.05) is 18.9 Å². The van der Waals surface area contributed by atoms with Gasteiger partial charge in [-0.15, -0.1) is 0 Å². The number of rotatable bonds is 3. The molecule has 0 saturated carbocycles. The number of hydrogen-bond acceptors (Lipinski definition) is 4. The fourth-order valence-electron chi connectivity index (χ4n) is 3.20. The number of nitrogens with one attached hydrogen (secondary N) is 1. The van der Waals surface area contributed by atoms with E-state index in [9.17, 15) is 18.8 Å². The average molecular weight is 404 g/mol. The Hall–Kier alpha value is -4.07. The van der Waals surface area contributed by atoms with Crippen LogP contribution < -0.4 is 16.6 Å². The third kappa shape index (κ3) is 3.28. The molecule has 1 amide bonds. The van der Waals surface area contributed by atoms with Gasteiger partial charge in [0.05, 0.1) is 16.6 Å². The van der Waals surface area contributed by atoms with E-state index in [2.05, 4.69) is 10.3 Å². The van der Waals surface area contributed by atoms with Gasteiger partial charge in [0.2, 0.25) is 0 Å². The fourth-order valence-corrected chi connectivity index (χ4v) is 3.20. The maximum absolute atomic E-state index is 13.3. The van der Waals surface area contributed by atoms with Crippen molar-refractivity contribution in [3.63, 3.8) is 0 Å². The predicted octanol–water partition coefficient (Wildman–Crippen LogP) is 2.78. The summed E-state index contributed by atoms with van der Waals surface area (Å²) in [7, 11) is 1.37. The Bertz CT molecular complexity index is 1410. The van der Waals surface area contributed by atoms with Gasteiger partial charge in [0.25, 0.3) is 11.5 Å². The van der Waals surface area contributed by atoms with Gasteiger partial charge in [0.15, 0.2) is 5.65 Å². The summed E-state index contributed by atoms with van der Waals surface area (Å²) >= 11 is 0. The van der Waals surface area contributed by atoms with Gasteiger partial charge < -0.3 is 5.32 Å². The van der Waals surface area contributed by atoms with Crippen LogP contribution in [0.4, 0.5) is 10.1 Å². The molecule has 0 bridgehead atoms. The van der Waals surface area contributed by atoms with E-state index in [1.54, 1.807) is 31.2 Å². The molecule has 0 radical (unpaired) electrons. The summed E-state index contributed by atoms with van der Waals surface area (Å²) in [6.45, 7) is 1.67. The first kappa shape index (κ1) is 19.3. The Morgan fingerprint density at radius 3 is 2.50 bits per heavy atom. The number of aromatic nitrogens is 3. The lowest BCUT2D eigenvalue weighted by Gasteiger charge is -2.12. The number of nitrogens with zero attached hydrogens (tertiary/aromatic N) is 3. The van der Waals surface area contributed by atoms with Crippen LogP contribution in [0.3, 0.4) is 0 Å². The highest BCUT2D eigenvalue weighted by molar-refractivity contribution is 6.05. The minimum atomic E-state index is -0.553. The van der Waals surface area contributed by atoms with Crippen LogP contribution in [0, 0.1) is 12.7 Å². The quantitative estimate of drug-likeness (QED) is 0.569. The topological polar surface area (TPSA) is 86.0 Å². The standard InChI is InChI=1S/C22H17FN4O3/c1-13-10-15(23)8-9-18(13)25-20(28)14-11-17-19(24-12-14)27(16-6-4-3-5-7-16)22(30)26(2)21(17)29/h3-12H,1-2H3,(H,25,28). The first-order valence-electron chi connectivity index (χ1n) is 9.11. The Balaban J connectivity index is 1.84. The van der Waals surface area contributed by atoms with Gasteiger partial charge in [-0.05, 0) is 48.9 Å². The fraction of sp³-hybridized carbons (Fsp3) is 0.0909. The lowest BCUT2D eigenvalue weighted by atomic mass is 10.1. The lowest BCUT2D eigenvalue weighted by Crippen LogP contribution is -2.38. The van der Waals surface area contributed by atoms with Crippen molar-refractivity contribution in [2.24, 2.45) is 7.05 Å². The molecule has 2 heterocycles. The van der Waals surface area contributed by atoms with Crippen LogP contribution in [0.15, 0.2) is 70.4 Å². The maximum Gasteiger partial charge on any atom is 0.337 e. The van der Waals surface area contributed by atoms with Crippen molar-refractivity contribution in [1.29, 1.82) is 0 Å². The molecule has 0 unspecified atom stereocenters.